The van der Waals surface area contributed by atoms with E-state index in [0.717, 1.165) is 0 Å². The molecule has 2 rings (SSSR count). The first-order chi connectivity index (χ1) is 28.0. The molecule has 60 heavy (non-hydrogen) atoms. The maximum Gasteiger partial charge on any atom is 0.524 e. The molecule has 2 aromatic carbocycles. The largest absolute Gasteiger partial charge is 0.524 e. The first-order valence-corrected chi connectivity index (χ1v) is 19.8. The third-order valence-electron chi connectivity index (χ3n) is 8.87. The highest BCUT2D eigenvalue weighted by Crippen LogP contribution is 2.37. The van der Waals surface area contributed by atoms with Crippen molar-refractivity contribution in [3.8, 4) is 5.75 Å². The van der Waals surface area contributed by atoms with Crippen molar-refractivity contribution in [2.24, 2.45) is 23.1 Å². The number of nitrogens with two attached hydrogens (primary N) is 4. The van der Waals surface area contributed by atoms with Crippen molar-refractivity contribution in [3.05, 3.63) is 59.7 Å². The summed E-state index contributed by atoms with van der Waals surface area (Å²) in [5.41, 5.74) is 22.0. The van der Waals surface area contributed by atoms with Gasteiger partial charge in [0.15, 0.2) is 0 Å². The lowest BCUT2D eigenvalue weighted by atomic mass is 9.96. The standard InChI is InChI=1S/C36H50N9O14P/c1-3-18(2)30(36(55)44-26(17-28(39)47)34(53)41-23(31(40)50)12-14-27(38)46)45-35(54)25(16-19-8-10-20(11-9-19)59-60(56,57)58)43-33(52)24(13-15-29(48)49)42-32(51)21-6-4-5-7-22(21)37/h4-11,18,23-26,30H,3,12-17,37H2,1-2H3,(H2,38,46)(H2,39,47)(H2,40,50)(H,41,53)(H,42,51)(H,43,52)(H,44,55)(H,45,54)(H,48,49)(H2,56,57,58)/t18-,23-,24-,25-,26-,30-/m0/s1. The number of aliphatic carboxylic acids is 1. The molecule has 23 nitrogen and oxygen atoms in total. The van der Waals surface area contributed by atoms with Crippen LogP contribution >= 0.6 is 7.82 Å². The van der Waals surface area contributed by atoms with E-state index < -0.39 is 116 Å². The highest BCUT2D eigenvalue weighted by atomic mass is 31.2. The fourth-order valence-electron chi connectivity index (χ4n) is 5.49. The van der Waals surface area contributed by atoms with Gasteiger partial charge in [-0.25, -0.2) is 4.57 Å². The summed E-state index contributed by atoms with van der Waals surface area (Å²) in [7, 11) is -4.94. The van der Waals surface area contributed by atoms with E-state index in [-0.39, 0.29) is 48.2 Å². The summed E-state index contributed by atoms with van der Waals surface area (Å²) in [6.45, 7) is 3.22. The minimum absolute atomic E-state index is 0.0286. The van der Waals surface area contributed by atoms with Crippen LogP contribution in [-0.2, 0) is 49.3 Å². The number of carboxylic acids is 1. The lowest BCUT2D eigenvalue weighted by Crippen LogP contribution is -2.61. The van der Waals surface area contributed by atoms with Gasteiger partial charge in [0.25, 0.3) is 5.91 Å². The molecule has 0 saturated carbocycles. The van der Waals surface area contributed by atoms with E-state index in [1.54, 1.807) is 19.9 Å². The maximum atomic E-state index is 14.1. The number of benzene rings is 2. The van der Waals surface area contributed by atoms with E-state index in [9.17, 15) is 52.8 Å². The Morgan fingerprint density at radius 1 is 0.700 bits per heavy atom. The lowest BCUT2D eigenvalue weighted by Gasteiger charge is -2.29. The summed E-state index contributed by atoms with van der Waals surface area (Å²) in [5.74, 6) is -10.1. The number of para-hydroxylation sites is 1. The predicted molar refractivity (Wildman–Crippen MR) is 210 cm³/mol. The van der Waals surface area contributed by atoms with Crippen molar-refractivity contribution in [2.45, 2.75) is 89.0 Å². The molecule has 16 N–H and O–H groups in total. The van der Waals surface area contributed by atoms with Gasteiger partial charge in [0.05, 0.1) is 12.0 Å². The number of rotatable bonds is 25. The molecule has 0 heterocycles. The molecule has 0 unspecified atom stereocenters. The van der Waals surface area contributed by atoms with Crippen LogP contribution in [0.4, 0.5) is 5.69 Å². The Labute approximate surface area is 343 Å². The Bertz CT molecular complexity index is 1960. The molecular formula is C36H50N9O14P. The molecule has 0 saturated heterocycles. The summed E-state index contributed by atoms with van der Waals surface area (Å²) in [6, 6.07) is 3.06. The van der Waals surface area contributed by atoms with Gasteiger partial charge < -0.3 is 59.1 Å². The number of amides is 8. The van der Waals surface area contributed by atoms with Gasteiger partial charge in [-0.15, -0.1) is 0 Å². The average molecular weight is 864 g/mol. The minimum atomic E-state index is -4.94. The van der Waals surface area contributed by atoms with E-state index >= 15 is 0 Å². The van der Waals surface area contributed by atoms with Crippen LogP contribution < -0.4 is 54.0 Å². The molecule has 0 aliphatic rings. The SMILES string of the molecule is CC[C@H](C)[C@H](NC(=O)[C@H](Cc1ccc(OP(=O)(O)O)cc1)NC(=O)[C@H](CCC(=O)O)NC(=O)c1ccccc1N)C(=O)N[C@@H](CC(N)=O)C(=O)N[C@@H](CCC(N)=O)C(N)=O. The zero-order valence-electron chi connectivity index (χ0n) is 32.6. The molecule has 0 aliphatic heterocycles. The summed E-state index contributed by atoms with van der Waals surface area (Å²) in [6.07, 6.45) is -2.58. The molecule has 0 aliphatic carbocycles. The number of phosphoric acid groups is 1. The first-order valence-electron chi connectivity index (χ1n) is 18.3. The van der Waals surface area contributed by atoms with Crippen LogP contribution in [0, 0.1) is 5.92 Å². The number of primary amides is 3. The van der Waals surface area contributed by atoms with Gasteiger partial charge in [-0.2, -0.15) is 0 Å². The van der Waals surface area contributed by atoms with Gasteiger partial charge in [-0.3, -0.25) is 52.9 Å². The number of nitrogens with one attached hydrogen (secondary N) is 5. The Kier molecular flexibility index (Phi) is 19.1. The molecule has 2 aromatic rings. The number of hydrogen-bond acceptors (Lipinski definition) is 12. The van der Waals surface area contributed by atoms with Gasteiger partial charge in [0, 0.05) is 24.9 Å². The minimum Gasteiger partial charge on any atom is -0.481 e. The number of nitrogen functional groups attached to an aromatic ring is 1. The number of anilines is 1. The van der Waals surface area contributed by atoms with Gasteiger partial charge in [0.1, 0.15) is 36.0 Å². The molecule has 24 heteroatoms. The molecule has 6 atom stereocenters. The molecular weight excluding hydrogens is 813 g/mol. The lowest BCUT2D eigenvalue weighted by molar-refractivity contribution is -0.137. The summed E-state index contributed by atoms with van der Waals surface area (Å²) in [5, 5.41) is 21.4. The number of phosphoric ester groups is 1. The van der Waals surface area contributed by atoms with E-state index in [1.165, 1.54) is 42.5 Å². The second-order valence-electron chi connectivity index (χ2n) is 13.6. The molecule has 0 aromatic heterocycles. The van der Waals surface area contributed by atoms with Gasteiger partial charge in [-0.05, 0) is 48.6 Å². The predicted octanol–water partition coefficient (Wildman–Crippen LogP) is -2.44. The third-order valence-corrected chi connectivity index (χ3v) is 9.31. The van der Waals surface area contributed by atoms with Gasteiger partial charge >= 0.3 is 13.8 Å². The fourth-order valence-corrected chi connectivity index (χ4v) is 5.89. The molecule has 0 bridgehead atoms. The maximum absolute atomic E-state index is 14.1. The molecule has 328 valence electrons. The smallest absolute Gasteiger partial charge is 0.481 e. The number of carboxylic acid groups (broad SMARTS) is 1. The van der Waals surface area contributed by atoms with E-state index in [4.69, 9.17) is 32.7 Å². The van der Waals surface area contributed by atoms with Gasteiger partial charge in [0.2, 0.25) is 41.4 Å². The molecule has 8 amide bonds. The van der Waals surface area contributed by atoms with Crippen LogP contribution in [-0.4, -0.2) is 98.3 Å². The van der Waals surface area contributed by atoms with Crippen molar-refractivity contribution in [2.75, 3.05) is 5.73 Å². The quantitative estimate of drug-likeness (QED) is 0.0364. The fraction of sp³-hybridized carbons (Fsp3) is 0.417. The monoisotopic (exact) mass is 863 g/mol. The van der Waals surface area contributed by atoms with E-state index in [2.05, 4.69) is 31.1 Å². The topological polar surface area (TPSA) is 405 Å². The Morgan fingerprint density at radius 3 is 1.78 bits per heavy atom. The van der Waals surface area contributed by atoms with Crippen LogP contribution in [0.2, 0.25) is 0 Å². The highest BCUT2D eigenvalue weighted by molar-refractivity contribution is 7.46. The van der Waals surface area contributed by atoms with Crippen molar-refractivity contribution in [1.82, 2.24) is 26.6 Å². The van der Waals surface area contributed by atoms with Crippen molar-refractivity contribution >= 4 is 66.7 Å². The number of carbonyl (C=O) groups excluding carboxylic acids is 8. The van der Waals surface area contributed by atoms with Crippen LogP contribution in [0.25, 0.3) is 0 Å². The summed E-state index contributed by atoms with van der Waals surface area (Å²) in [4.78, 5) is 133. The van der Waals surface area contributed by atoms with Gasteiger partial charge in [-0.1, -0.05) is 44.5 Å². The Hall–Kier alpha value is -6.58. The average Bonchev–Trinajstić information content (AvgIpc) is 3.15. The summed E-state index contributed by atoms with van der Waals surface area (Å²) < 4.78 is 15.9. The van der Waals surface area contributed by atoms with E-state index in [0.29, 0.717) is 0 Å². The van der Waals surface area contributed by atoms with Crippen molar-refractivity contribution in [3.63, 3.8) is 0 Å². The van der Waals surface area contributed by atoms with Crippen molar-refractivity contribution < 1.29 is 67.1 Å². The van der Waals surface area contributed by atoms with Crippen LogP contribution in [0.5, 0.6) is 5.75 Å². The Morgan fingerprint density at radius 2 is 1.25 bits per heavy atom. The highest BCUT2D eigenvalue weighted by Gasteiger charge is 2.35. The third kappa shape index (κ3) is 17.1. The second-order valence-corrected chi connectivity index (χ2v) is 14.8. The zero-order valence-corrected chi connectivity index (χ0v) is 33.5. The summed E-state index contributed by atoms with van der Waals surface area (Å²) >= 11 is 0. The van der Waals surface area contributed by atoms with Crippen LogP contribution in [0.1, 0.15) is 68.3 Å². The molecule has 0 spiro atoms. The zero-order chi connectivity index (χ0) is 45.3. The molecule has 0 radical (unpaired) electrons. The Balaban J connectivity index is 2.50. The normalized spacial score (nSPS) is 14.1. The van der Waals surface area contributed by atoms with Crippen LogP contribution in [0.3, 0.4) is 0 Å². The number of carbonyl (C=O) groups is 9. The van der Waals surface area contributed by atoms with Crippen LogP contribution in [0.15, 0.2) is 48.5 Å². The second kappa shape index (κ2) is 23.1. The first kappa shape index (κ1) is 49.6. The van der Waals surface area contributed by atoms with Crippen molar-refractivity contribution in [1.29, 1.82) is 0 Å². The van der Waals surface area contributed by atoms with E-state index in [1.807, 2.05) is 0 Å². The number of hydrogen-bond donors (Lipinski definition) is 12. The molecule has 0 fully saturated rings.